The van der Waals surface area contributed by atoms with Gasteiger partial charge in [0, 0.05) is 11.1 Å². The van der Waals surface area contributed by atoms with Crippen molar-refractivity contribution in [1.29, 1.82) is 0 Å². The van der Waals surface area contributed by atoms with Crippen molar-refractivity contribution in [3.63, 3.8) is 0 Å². The molecule has 0 bridgehead atoms. The van der Waals surface area contributed by atoms with Gasteiger partial charge < -0.3 is 14.6 Å². The quantitative estimate of drug-likeness (QED) is 0.176. The Kier molecular flexibility index (Phi) is 11.1. The molecule has 1 saturated carbocycles. The minimum atomic E-state index is -0.424. The summed E-state index contributed by atoms with van der Waals surface area (Å²) < 4.78 is 11.0. The van der Waals surface area contributed by atoms with E-state index in [0.29, 0.717) is 17.2 Å². The van der Waals surface area contributed by atoms with E-state index in [2.05, 4.69) is 44.7 Å². The van der Waals surface area contributed by atoms with Gasteiger partial charge in [0.1, 0.15) is 19.0 Å². The summed E-state index contributed by atoms with van der Waals surface area (Å²) in [5.74, 6) is 1.79. The third-order valence-electron chi connectivity index (χ3n) is 7.52. The third-order valence-corrected chi connectivity index (χ3v) is 7.52. The topological polar surface area (TPSA) is 55.8 Å². The van der Waals surface area contributed by atoms with Gasteiger partial charge in [0.05, 0.1) is 6.61 Å². The SMILES string of the molecule is C=C(C)C(=O)OCCOc1cc(-c2ccc(C3CCC(CCCCC)CC3)cc2CC)ccc1CO. The van der Waals surface area contributed by atoms with Crippen LogP contribution >= 0.6 is 0 Å². The summed E-state index contributed by atoms with van der Waals surface area (Å²) in [6, 6.07) is 12.9. The van der Waals surface area contributed by atoms with Gasteiger partial charge in [-0.3, -0.25) is 0 Å². The summed E-state index contributed by atoms with van der Waals surface area (Å²) in [7, 11) is 0. The van der Waals surface area contributed by atoms with E-state index in [-0.39, 0.29) is 19.8 Å². The lowest BCUT2D eigenvalue weighted by atomic mass is 9.76. The Balaban J connectivity index is 1.68. The maximum Gasteiger partial charge on any atom is 0.333 e. The summed E-state index contributed by atoms with van der Waals surface area (Å²) in [5.41, 5.74) is 6.18. The molecule has 0 spiro atoms. The second-order valence-corrected chi connectivity index (χ2v) is 10.2. The average molecular weight is 493 g/mol. The standard InChI is InChI=1S/C32H44O4/c1-5-7-8-9-24-10-12-26(13-11-24)27-16-17-30(25(6-2)20-27)28-14-15-29(22-33)31(21-28)35-18-19-36-32(34)23(3)4/h14-17,20-21,24,26,33H,3,5-13,18-19,22H2,1-2,4H3. The minimum Gasteiger partial charge on any atom is -0.490 e. The van der Waals surface area contributed by atoms with Gasteiger partial charge in [0.2, 0.25) is 0 Å². The van der Waals surface area contributed by atoms with E-state index >= 15 is 0 Å². The van der Waals surface area contributed by atoms with Crippen molar-refractivity contribution in [2.45, 2.75) is 91.1 Å². The Bertz CT molecular complexity index is 1000. The molecule has 4 heteroatoms. The van der Waals surface area contributed by atoms with Crippen LogP contribution in [-0.2, 0) is 22.6 Å². The molecule has 1 aliphatic carbocycles. The van der Waals surface area contributed by atoms with Crippen molar-refractivity contribution in [3.05, 3.63) is 65.2 Å². The van der Waals surface area contributed by atoms with E-state index in [9.17, 15) is 9.90 Å². The number of aliphatic hydroxyl groups is 1. The molecule has 0 aliphatic heterocycles. The fourth-order valence-corrected chi connectivity index (χ4v) is 5.31. The zero-order valence-electron chi connectivity index (χ0n) is 22.5. The smallest absolute Gasteiger partial charge is 0.333 e. The number of carbonyl (C=O) groups excluding carboxylic acids is 1. The number of ether oxygens (including phenoxy) is 2. The van der Waals surface area contributed by atoms with Crippen molar-refractivity contribution in [2.24, 2.45) is 5.92 Å². The van der Waals surface area contributed by atoms with Crippen molar-refractivity contribution in [1.82, 2.24) is 0 Å². The van der Waals surface area contributed by atoms with Crippen LogP contribution in [0.25, 0.3) is 11.1 Å². The number of hydrogen-bond acceptors (Lipinski definition) is 4. The molecule has 4 nitrogen and oxygen atoms in total. The minimum absolute atomic E-state index is 0.109. The Morgan fingerprint density at radius 2 is 1.78 bits per heavy atom. The number of aliphatic hydroxyl groups excluding tert-OH is 1. The first kappa shape index (κ1) is 28.0. The summed E-state index contributed by atoms with van der Waals surface area (Å²) in [4.78, 5) is 11.6. The van der Waals surface area contributed by atoms with E-state index in [0.717, 1.165) is 23.5 Å². The number of rotatable bonds is 13. The fraction of sp³-hybridized carbons (Fsp3) is 0.531. The lowest BCUT2D eigenvalue weighted by molar-refractivity contribution is -0.139. The van der Waals surface area contributed by atoms with E-state index in [1.54, 1.807) is 6.92 Å². The zero-order chi connectivity index (χ0) is 25.9. The molecule has 0 radical (unpaired) electrons. The highest BCUT2D eigenvalue weighted by molar-refractivity contribution is 5.86. The first-order valence-electron chi connectivity index (χ1n) is 13.8. The maximum atomic E-state index is 11.6. The predicted molar refractivity (Wildman–Crippen MR) is 147 cm³/mol. The van der Waals surface area contributed by atoms with Gasteiger partial charge in [-0.2, -0.15) is 0 Å². The van der Waals surface area contributed by atoms with Crippen LogP contribution in [0.4, 0.5) is 0 Å². The molecule has 0 heterocycles. The van der Waals surface area contributed by atoms with Gasteiger partial charge in [0.25, 0.3) is 0 Å². The van der Waals surface area contributed by atoms with E-state index in [4.69, 9.17) is 9.47 Å². The summed E-state index contributed by atoms with van der Waals surface area (Å²) >= 11 is 0. The molecule has 1 fully saturated rings. The number of esters is 1. The highest BCUT2D eigenvalue weighted by Crippen LogP contribution is 2.39. The molecule has 196 valence electrons. The van der Waals surface area contributed by atoms with Crippen LogP contribution < -0.4 is 4.74 Å². The van der Waals surface area contributed by atoms with E-state index < -0.39 is 5.97 Å². The molecule has 0 atom stereocenters. The summed E-state index contributed by atoms with van der Waals surface area (Å²) in [5, 5.41) is 9.78. The number of benzene rings is 2. The Labute approximate surface area is 217 Å². The molecule has 0 saturated heterocycles. The van der Waals surface area contributed by atoms with Crippen LogP contribution in [0.2, 0.25) is 0 Å². The monoisotopic (exact) mass is 492 g/mol. The Morgan fingerprint density at radius 3 is 2.44 bits per heavy atom. The maximum absolute atomic E-state index is 11.6. The van der Waals surface area contributed by atoms with Gasteiger partial charge in [-0.1, -0.05) is 76.4 Å². The fourth-order valence-electron chi connectivity index (χ4n) is 5.31. The molecule has 0 amide bonds. The lowest BCUT2D eigenvalue weighted by Gasteiger charge is -2.29. The molecular weight excluding hydrogens is 448 g/mol. The van der Waals surface area contributed by atoms with Crippen molar-refractivity contribution < 1.29 is 19.4 Å². The van der Waals surface area contributed by atoms with Crippen molar-refractivity contribution in [2.75, 3.05) is 13.2 Å². The molecule has 1 N–H and O–H groups in total. The van der Waals surface area contributed by atoms with Gasteiger partial charge in [-0.05, 0) is 79.2 Å². The molecule has 2 aromatic carbocycles. The normalized spacial score (nSPS) is 17.6. The van der Waals surface area contributed by atoms with Crippen molar-refractivity contribution in [3.8, 4) is 16.9 Å². The average Bonchev–Trinajstić information content (AvgIpc) is 2.91. The van der Waals surface area contributed by atoms with Crippen LogP contribution in [0, 0.1) is 5.92 Å². The van der Waals surface area contributed by atoms with Gasteiger partial charge >= 0.3 is 5.97 Å². The first-order chi connectivity index (χ1) is 17.5. The molecule has 2 aromatic rings. The van der Waals surface area contributed by atoms with Crippen LogP contribution in [0.3, 0.4) is 0 Å². The molecule has 3 rings (SSSR count). The highest BCUT2D eigenvalue weighted by Gasteiger charge is 2.23. The molecule has 1 aliphatic rings. The van der Waals surface area contributed by atoms with Gasteiger partial charge in [-0.15, -0.1) is 0 Å². The molecular formula is C32H44O4. The van der Waals surface area contributed by atoms with Crippen molar-refractivity contribution >= 4 is 5.97 Å². The van der Waals surface area contributed by atoms with Crippen LogP contribution in [0.5, 0.6) is 5.75 Å². The van der Waals surface area contributed by atoms with Gasteiger partial charge in [0.15, 0.2) is 0 Å². The lowest BCUT2D eigenvalue weighted by Crippen LogP contribution is -2.13. The van der Waals surface area contributed by atoms with Crippen LogP contribution in [0.15, 0.2) is 48.6 Å². The highest BCUT2D eigenvalue weighted by atomic mass is 16.6. The molecule has 0 aromatic heterocycles. The number of aryl methyl sites for hydroxylation is 1. The number of unbranched alkanes of at least 4 members (excludes halogenated alkanes) is 2. The summed E-state index contributed by atoms with van der Waals surface area (Å²) in [6.07, 6.45) is 11.8. The zero-order valence-corrected chi connectivity index (χ0v) is 22.5. The summed E-state index contributed by atoms with van der Waals surface area (Å²) in [6.45, 7) is 9.94. The van der Waals surface area contributed by atoms with Crippen LogP contribution in [-0.4, -0.2) is 24.3 Å². The Hall–Kier alpha value is -2.59. The number of carbonyl (C=O) groups is 1. The molecule has 0 unspecified atom stereocenters. The second kappa shape index (κ2) is 14.2. The van der Waals surface area contributed by atoms with Gasteiger partial charge in [-0.25, -0.2) is 4.79 Å². The molecule has 36 heavy (non-hydrogen) atoms. The Morgan fingerprint density at radius 1 is 1.00 bits per heavy atom. The number of hydrogen-bond donors (Lipinski definition) is 1. The predicted octanol–water partition coefficient (Wildman–Crippen LogP) is 7.76. The largest absolute Gasteiger partial charge is 0.490 e. The van der Waals surface area contributed by atoms with Crippen LogP contribution in [0.1, 0.15) is 94.7 Å². The second-order valence-electron chi connectivity index (χ2n) is 10.2. The van der Waals surface area contributed by atoms with E-state index in [1.165, 1.54) is 68.1 Å². The van der Waals surface area contributed by atoms with E-state index in [1.807, 2.05) is 12.1 Å². The third kappa shape index (κ3) is 7.70. The first-order valence-corrected chi connectivity index (χ1v) is 13.8.